The van der Waals surface area contributed by atoms with Gasteiger partial charge in [0.15, 0.2) is 11.5 Å². The Kier molecular flexibility index (Phi) is 8.53. The predicted molar refractivity (Wildman–Crippen MR) is 122 cm³/mol. The van der Waals surface area contributed by atoms with Gasteiger partial charge in [-0.2, -0.15) is 0 Å². The minimum atomic E-state index is 0.496. The number of aromatic nitrogens is 1. The number of nitrogens with one attached hydrogen (secondary N) is 1. The summed E-state index contributed by atoms with van der Waals surface area (Å²) in [6.45, 7) is 4.79. The summed E-state index contributed by atoms with van der Waals surface area (Å²) in [5.74, 6) is 2.09. The Hall–Kier alpha value is -2.57. The highest BCUT2D eigenvalue weighted by Crippen LogP contribution is 2.37. The van der Waals surface area contributed by atoms with E-state index in [0.717, 1.165) is 35.1 Å². The molecule has 30 heavy (non-hydrogen) atoms. The van der Waals surface area contributed by atoms with E-state index in [4.69, 9.17) is 14.2 Å². The Bertz CT molecular complexity index is 935. The molecule has 0 spiro atoms. The number of benzene rings is 2. The van der Waals surface area contributed by atoms with Crippen LogP contribution in [0.25, 0.3) is 0 Å². The molecular weight excluding hydrogens is 444 g/mol. The average molecular weight is 471 g/mol. The molecule has 0 amide bonds. The average Bonchev–Trinajstić information content (AvgIpc) is 2.77. The maximum absolute atomic E-state index is 6.07. The van der Waals surface area contributed by atoms with Crippen molar-refractivity contribution in [2.45, 2.75) is 26.5 Å². The van der Waals surface area contributed by atoms with E-state index >= 15 is 0 Å². The van der Waals surface area contributed by atoms with Gasteiger partial charge >= 0.3 is 0 Å². The first kappa shape index (κ1) is 22.1. The van der Waals surface area contributed by atoms with Gasteiger partial charge in [-0.05, 0) is 70.7 Å². The van der Waals surface area contributed by atoms with E-state index in [2.05, 4.69) is 51.4 Å². The summed E-state index contributed by atoms with van der Waals surface area (Å²) in [5.41, 5.74) is 3.48. The highest BCUT2D eigenvalue weighted by molar-refractivity contribution is 9.10. The Morgan fingerprint density at radius 1 is 1.03 bits per heavy atom. The van der Waals surface area contributed by atoms with Gasteiger partial charge in [-0.25, -0.2) is 4.98 Å². The number of rotatable bonds is 11. The van der Waals surface area contributed by atoms with Crippen molar-refractivity contribution in [1.29, 1.82) is 0 Å². The summed E-state index contributed by atoms with van der Waals surface area (Å²) in [4.78, 5) is 4.15. The molecule has 1 N–H and O–H groups in total. The first-order valence-electron chi connectivity index (χ1n) is 9.95. The fraction of sp³-hybridized carbons (Fsp3) is 0.292. The largest absolute Gasteiger partial charge is 0.493 e. The number of hydrogen-bond donors (Lipinski definition) is 1. The van der Waals surface area contributed by atoms with Crippen LogP contribution in [0.4, 0.5) is 0 Å². The van der Waals surface area contributed by atoms with Gasteiger partial charge in [0.2, 0.25) is 5.88 Å². The molecule has 6 heteroatoms. The summed E-state index contributed by atoms with van der Waals surface area (Å²) >= 11 is 3.63. The van der Waals surface area contributed by atoms with Crippen molar-refractivity contribution < 1.29 is 14.2 Å². The lowest BCUT2D eigenvalue weighted by Crippen LogP contribution is -2.17. The van der Waals surface area contributed by atoms with Crippen LogP contribution in [-0.2, 0) is 13.2 Å². The van der Waals surface area contributed by atoms with Gasteiger partial charge in [-0.3, -0.25) is 0 Å². The van der Waals surface area contributed by atoms with Gasteiger partial charge < -0.3 is 19.5 Å². The van der Waals surface area contributed by atoms with Crippen molar-refractivity contribution >= 4 is 15.9 Å². The molecule has 0 unspecified atom stereocenters. The fourth-order valence-electron chi connectivity index (χ4n) is 2.98. The number of halogens is 1. The molecule has 158 valence electrons. The van der Waals surface area contributed by atoms with E-state index in [0.29, 0.717) is 30.6 Å². The maximum atomic E-state index is 6.07. The number of methoxy groups -OCH3 is 1. The predicted octanol–water partition coefficient (Wildman–Crippen LogP) is 5.30. The van der Waals surface area contributed by atoms with Crippen LogP contribution >= 0.6 is 15.9 Å². The molecule has 0 bridgehead atoms. The third-order valence-corrected chi connectivity index (χ3v) is 5.23. The highest BCUT2D eigenvalue weighted by Gasteiger charge is 2.12. The summed E-state index contributed by atoms with van der Waals surface area (Å²) in [6.07, 6.45) is 2.62. The van der Waals surface area contributed by atoms with Crippen molar-refractivity contribution in [3.05, 3.63) is 82.0 Å². The van der Waals surface area contributed by atoms with Crippen LogP contribution in [0.15, 0.2) is 65.3 Å². The van der Waals surface area contributed by atoms with Gasteiger partial charge in [-0.1, -0.05) is 30.3 Å². The van der Waals surface area contributed by atoms with Crippen LogP contribution in [0.2, 0.25) is 0 Å². The molecule has 0 atom stereocenters. The molecule has 0 radical (unpaired) electrons. The van der Waals surface area contributed by atoms with E-state index in [1.54, 1.807) is 13.3 Å². The van der Waals surface area contributed by atoms with Crippen molar-refractivity contribution in [2.75, 3.05) is 20.3 Å². The Balaban J connectivity index is 1.49. The van der Waals surface area contributed by atoms with Gasteiger partial charge in [0.25, 0.3) is 0 Å². The maximum Gasteiger partial charge on any atom is 0.213 e. The molecule has 2 aromatic carbocycles. The Morgan fingerprint density at radius 3 is 2.63 bits per heavy atom. The van der Waals surface area contributed by atoms with Crippen LogP contribution in [0.5, 0.6) is 17.4 Å². The second kappa shape index (κ2) is 11.6. The third-order valence-electron chi connectivity index (χ3n) is 4.64. The Labute approximate surface area is 186 Å². The zero-order valence-corrected chi connectivity index (χ0v) is 18.9. The van der Waals surface area contributed by atoms with E-state index in [1.165, 1.54) is 5.56 Å². The lowest BCUT2D eigenvalue weighted by Gasteiger charge is -2.15. The summed E-state index contributed by atoms with van der Waals surface area (Å²) in [5, 5.41) is 3.43. The van der Waals surface area contributed by atoms with Crippen LogP contribution in [0, 0.1) is 6.92 Å². The zero-order chi connectivity index (χ0) is 21.2. The van der Waals surface area contributed by atoms with Crippen molar-refractivity contribution in [1.82, 2.24) is 10.3 Å². The van der Waals surface area contributed by atoms with Gasteiger partial charge in [0.1, 0.15) is 6.61 Å². The van der Waals surface area contributed by atoms with Gasteiger partial charge in [-0.15, -0.1) is 0 Å². The topological polar surface area (TPSA) is 52.6 Å². The van der Waals surface area contributed by atoms with Crippen molar-refractivity contribution in [3.8, 4) is 17.4 Å². The van der Waals surface area contributed by atoms with Crippen LogP contribution in [-0.4, -0.2) is 25.2 Å². The second-order valence-corrected chi connectivity index (χ2v) is 7.73. The fourth-order valence-corrected chi connectivity index (χ4v) is 3.58. The van der Waals surface area contributed by atoms with Crippen molar-refractivity contribution in [3.63, 3.8) is 0 Å². The van der Waals surface area contributed by atoms with Crippen molar-refractivity contribution in [2.24, 2.45) is 0 Å². The van der Waals surface area contributed by atoms with E-state index in [9.17, 15) is 0 Å². The molecule has 3 aromatic rings. The third kappa shape index (κ3) is 6.47. The first-order valence-corrected chi connectivity index (χ1v) is 10.7. The molecule has 3 rings (SSSR count). The Morgan fingerprint density at radius 2 is 1.87 bits per heavy atom. The molecular formula is C24H27BrN2O3. The molecule has 0 fully saturated rings. The molecule has 0 aliphatic heterocycles. The SMILES string of the molecule is COc1cc(CNCCCOc2ccccn2)cc(Br)c1OCc1ccccc1C. The molecule has 1 aromatic heterocycles. The molecule has 1 heterocycles. The molecule has 0 aliphatic rings. The van der Waals surface area contributed by atoms with Crippen LogP contribution in [0.3, 0.4) is 0 Å². The van der Waals surface area contributed by atoms with E-state index < -0.39 is 0 Å². The lowest BCUT2D eigenvalue weighted by atomic mass is 10.1. The van der Waals surface area contributed by atoms with Crippen LogP contribution < -0.4 is 19.5 Å². The molecule has 0 aliphatic carbocycles. The zero-order valence-electron chi connectivity index (χ0n) is 17.4. The first-order chi connectivity index (χ1) is 14.7. The lowest BCUT2D eigenvalue weighted by molar-refractivity contribution is 0.281. The van der Waals surface area contributed by atoms with Gasteiger partial charge in [0.05, 0.1) is 18.2 Å². The number of aryl methyl sites for hydroxylation is 1. The summed E-state index contributed by atoms with van der Waals surface area (Å²) < 4.78 is 18.1. The normalized spacial score (nSPS) is 10.6. The molecule has 5 nitrogen and oxygen atoms in total. The number of hydrogen-bond acceptors (Lipinski definition) is 5. The smallest absolute Gasteiger partial charge is 0.213 e. The standard InChI is InChI=1S/C24H27BrN2O3/c1-18-8-3-4-9-20(18)17-30-24-21(25)14-19(15-22(24)28-2)16-26-11-7-13-29-23-10-5-6-12-27-23/h3-6,8-10,12,14-15,26H,7,11,13,16-17H2,1-2H3. The highest BCUT2D eigenvalue weighted by atomic mass is 79.9. The quantitative estimate of drug-likeness (QED) is 0.385. The monoisotopic (exact) mass is 470 g/mol. The van der Waals surface area contributed by atoms with Gasteiger partial charge in [0, 0.05) is 18.8 Å². The minimum absolute atomic E-state index is 0.496. The molecule has 0 saturated heterocycles. The van der Waals surface area contributed by atoms with Crippen LogP contribution in [0.1, 0.15) is 23.1 Å². The summed E-state index contributed by atoms with van der Waals surface area (Å²) in [6, 6.07) is 17.9. The minimum Gasteiger partial charge on any atom is -0.493 e. The number of nitrogens with zero attached hydrogens (tertiary/aromatic N) is 1. The number of ether oxygens (including phenoxy) is 3. The van der Waals surface area contributed by atoms with E-state index in [1.807, 2.05) is 36.4 Å². The number of pyridine rings is 1. The molecule has 0 saturated carbocycles. The van der Waals surface area contributed by atoms with E-state index in [-0.39, 0.29) is 0 Å². The second-order valence-electron chi connectivity index (χ2n) is 6.87. The summed E-state index contributed by atoms with van der Waals surface area (Å²) in [7, 11) is 1.66.